The van der Waals surface area contributed by atoms with Crippen LogP contribution in [0.4, 0.5) is 0 Å². The van der Waals surface area contributed by atoms with Crippen LogP contribution in [0.25, 0.3) is 11.3 Å². The van der Waals surface area contributed by atoms with Gasteiger partial charge in [0.2, 0.25) is 0 Å². The molecule has 1 heterocycles. The molecule has 0 spiro atoms. The Balaban J connectivity index is 1.83. The molecule has 2 aromatic rings. The average molecular weight is 340 g/mol. The number of aromatic nitrogens is 1. The molecule has 0 saturated heterocycles. The van der Waals surface area contributed by atoms with Gasteiger partial charge in [0.05, 0.1) is 24.1 Å². The first-order valence-corrected chi connectivity index (χ1v) is 8.50. The van der Waals surface area contributed by atoms with E-state index in [1.165, 1.54) is 7.11 Å². The van der Waals surface area contributed by atoms with Crippen LogP contribution in [0.15, 0.2) is 42.5 Å². The number of benzene rings is 1. The lowest BCUT2D eigenvalue weighted by Crippen LogP contribution is -2.25. The summed E-state index contributed by atoms with van der Waals surface area (Å²) in [5.74, 6) is -0.304. The van der Waals surface area contributed by atoms with Crippen LogP contribution in [0.1, 0.15) is 41.7 Å². The number of rotatable bonds is 8. The third-order valence-electron chi connectivity index (χ3n) is 3.97. The lowest BCUT2D eigenvalue weighted by atomic mass is 10.1. The van der Waals surface area contributed by atoms with Gasteiger partial charge in [-0.2, -0.15) is 0 Å². The maximum atomic E-state index is 12.3. The molecule has 132 valence electrons. The molecular formula is C20H24N2O3. The molecule has 0 bridgehead atoms. The highest BCUT2D eigenvalue weighted by Gasteiger charge is 2.11. The molecule has 1 amide bonds. The molecular weight excluding hydrogens is 316 g/mol. The number of hydrogen-bond donors (Lipinski definition) is 1. The lowest BCUT2D eigenvalue weighted by Gasteiger charge is -2.09. The van der Waals surface area contributed by atoms with Crippen LogP contribution in [-0.4, -0.2) is 30.5 Å². The summed E-state index contributed by atoms with van der Waals surface area (Å²) in [5, 5.41) is 2.91. The standard InChI is InChI=1S/C20H24N2O3/c1-15-17(12-13-18(22-15)16-9-5-3-6-10-16)20(24)21-14-8-4-7-11-19(23)25-2/h3,5-6,9-10,12-13H,4,7-8,11,14H2,1-2H3,(H,21,24). The molecule has 0 fully saturated rings. The summed E-state index contributed by atoms with van der Waals surface area (Å²) in [4.78, 5) is 27.8. The summed E-state index contributed by atoms with van der Waals surface area (Å²) in [7, 11) is 1.39. The number of pyridine rings is 1. The van der Waals surface area contributed by atoms with Crippen molar-refractivity contribution < 1.29 is 14.3 Å². The van der Waals surface area contributed by atoms with Crippen molar-refractivity contribution in [2.75, 3.05) is 13.7 Å². The van der Waals surface area contributed by atoms with Crippen molar-refractivity contribution in [1.82, 2.24) is 10.3 Å². The molecule has 0 saturated carbocycles. The van der Waals surface area contributed by atoms with E-state index in [2.05, 4.69) is 15.0 Å². The van der Waals surface area contributed by atoms with Crippen molar-refractivity contribution in [2.24, 2.45) is 0 Å². The summed E-state index contributed by atoms with van der Waals surface area (Å²) in [6.07, 6.45) is 2.90. The second-order valence-electron chi connectivity index (χ2n) is 5.84. The number of methoxy groups -OCH3 is 1. The maximum Gasteiger partial charge on any atom is 0.305 e. The van der Waals surface area contributed by atoms with E-state index in [0.29, 0.717) is 24.2 Å². The van der Waals surface area contributed by atoms with Crippen LogP contribution in [0.3, 0.4) is 0 Å². The van der Waals surface area contributed by atoms with E-state index in [9.17, 15) is 9.59 Å². The van der Waals surface area contributed by atoms with Crippen molar-refractivity contribution in [2.45, 2.75) is 32.6 Å². The predicted octanol–water partition coefficient (Wildman–Crippen LogP) is 3.52. The zero-order chi connectivity index (χ0) is 18.1. The minimum atomic E-state index is -0.191. The van der Waals surface area contributed by atoms with E-state index >= 15 is 0 Å². The lowest BCUT2D eigenvalue weighted by molar-refractivity contribution is -0.140. The number of nitrogens with zero attached hydrogens (tertiary/aromatic N) is 1. The first-order valence-electron chi connectivity index (χ1n) is 8.50. The predicted molar refractivity (Wildman–Crippen MR) is 97.2 cm³/mol. The number of carbonyl (C=O) groups is 2. The molecule has 2 rings (SSSR count). The number of hydrogen-bond acceptors (Lipinski definition) is 4. The third kappa shape index (κ3) is 5.71. The van der Waals surface area contributed by atoms with Gasteiger partial charge in [0.15, 0.2) is 0 Å². The molecule has 5 heteroatoms. The molecule has 0 aliphatic rings. The van der Waals surface area contributed by atoms with Gasteiger partial charge in [0.25, 0.3) is 5.91 Å². The van der Waals surface area contributed by atoms with Gasteiger partial charge in [0, 0.05) is 18.5 Å². The van der Waals surface area contributed by atoms with Crippen LogP contribution in [-0.2, 0) is 9.53 Å². The zero-order valence-electron chi connectivity index (χ0n) is 14.7. The highest BCUT2D eigenvalue weighted by atomic mass is 16.5. The van der Waals surface area contributed by atoms with Crippen LogP contribution >= 0.6 is 0 Å². The summed E-state index contributed by atoms with van der Waals surface area (Å²) >= 11 is 0. The Morgan fingerprint density at radius 2 is 1.80 bits per heavy atom. The minimum absolute atomic E-state index is 0.113. The molecule has 0 aliphatic heterocycles. The van der Waals surface area contributed by atoms with Crippen molar-refractivity contribution in [1.29, 1.82) is 0 Å². The number of unbranched alkanes of at least 4 members (excludes halogenated alkanes) is 2. The Kier molecular flexibility index (Phi) is 7.14. The van der Waals surface area contributed by atoms with Crippen molar-refractivity contribution in [3.8, 4) is 11.3 Å². The van der Waals surface area contributed by atoms with Gasteiger partial charge < -0.3 is 10.1 Å². The molecule has 25 heavy (non-hydrogen) atoms. The fourth-order valence-electron chi connectivity index (χ4n) is 2.54. The van der Waals surface area contributed by atoms with Crippen LogP contribution < -0.4 is 5.32 Å². The van der Waals surface area contributed by atoms with Gasteiger partial charge in [-0.3, -0.25) is 14.6 Å². The van der Waals surface area contributed by atoms with Gasteiger partial charge in [0.1, 0.15) is 0 Å². The highest BCUT2D eigenvalue weighted by molar-refractivity contribution is 5.95. The third-order valence-corrected chi connectivity index (χ3v) is 3.97. The minimum Gasteiger partial charge on any atom is -0.469 e. The van der Waals surface area contributed by atoms with Crippen LogP contribution in [0.5, 0.6) is 0 Å². The van der Waals surface area contributed by atoms with Gasteiger partial charge in [-0.15, -0.1) is 0 Å². The topological polar surface area (TPSA) is 68.3 Å². The quantitative estimate of drug-likeness (QED) is 0.590. The molecule has 1 aromatic heterocycles. The SMILES string of the molecule is COC(=O)CCCCCNC(=O)c1ccc(-c2ccccc2)nc1C. The fraction of sp³-hybridized carbons (Fsp3) is 0.350. The van der Waals surface area contributed by atoms with Gasteiger partial charge in [-0.25, -0.2) is 0 Å². The molecule has 0 atom stereocenters. The Labute approximate surface area is 148 Å². The van der Waals surface area contributed by atoms with Gasteiger partial charge >= 0.3 is 5.97 Å². The van der Waals surface area contributed by atoms with Gasteiger partial charge in [-0.1, -0.05) is 36.8 Å². The van der Waals surface area contributed by atoms with Crippen molar-refractivity contribution in [3.63, 3.8) is 0 Å². The molecule has 1 aromatic carbocycles. The Morgan fingerprint density at radius 3 is 2.48 bits per heavy atom. The smallest absolute Gasteiger partial charge is 0.305 e. The molecule has 1 N–H and O–H groups in total. The maximum absolute atomic E-state index is 12.3. The number of esters is 1. The fourth-order valence-corrected chi connectivity index (χ4v) is 2.54. The van der Waals surface area contributed by atoms with Crippen LogP contribution in [0, 0.1) is 6.92 Å². The average Bonchev–Trinajstić information content (AvgIpc) is 2.64. The number of amides is 1. The van der Waals surface area contributed by atoms with Crippen molar-refractivity contribution in [3.05, 3.63) is 53.7 Å². The molecule has 0 unspecified atom stereocenters. The van der Waals surface area contributed by atoms with Crippen molar-refractivity contribution >= 4 is 11.9 Å². The monoisotopic (exact) mass is 340 g/mol. The van der Waals surface area contributed by atoms with E-state index in [4.69, 9.17) is 0 Å². The Hall–Kier alpha value is -2.69. The van der Waals surface area contributed by atoms with E-state index < -0.39 is 0 Å². The first-order chi connectivity index (χ1) is 12.1. The molecule has 0 aliphatic carbocycles. The largest absolute Gasteiger partial charge is 0.469 e. The Morgan fingerprint density at radius 1 is 1.04 bits per heavy atom. The number of nitrogens with one attached hydrogen (secondary N) is 1. The number of ether oxygens (including phenoxy) is 1. The second-order valence-corrected chi connectivity index (χ2v) is 5.84. The van der Waals surface area contributed by atoms with E-state index in [1.807, 2.05) is 49.4 Å². The molecule has 0 radical (unpaired) electrons. The van der Waals surface area contributed by atoms with E-state index in [1.54, 1.807) is 0 Å². The van der Waals surface area contributed by atoms with E-state index in [0.717, 1.165) is 30.5 Å². The summed E-state index contributed by atoms with van der Waals surface area (Å²) in [5.41, 5.74) is 3.19. The summed E-state index contributed by atoms with van der Waals surface area (Å²) in [6.45, 7) is 2.43. The second kappa shape index (κ2) is 9.57. The normalized spacial score (nSPS) is 10.3. The number of aryl methyl sites for hydroxylation is 1. The molecule has 5 nitrogen and oxygen atoms in total. The van der Waals surface area contributed by atoms with Gasteiger partial charge in [-0.05, 0) is 31.9 Å². The summed E-state index contributed by atoms with van der Waals surface area (Å²) in [6, 6.07) is 13.6. The van der Waals surface area contributed by atoms with E-state index in [-0.39, 0.29) is 11.9 Å². The first kappa shape index (κ1) is 18.6. The highest BCUT2D eigenvalue weighted by Crippen LogP contribution is 2.18. The summed E-state index contributed by atoms with van der Waals surface area (Å²) < 4.78 is 4.59. The zero-order valence-corrected chi connectivity index (χ0v) is 14.7. The number of carbonyl (C=O) groups excluding carboxylic acids is 2. The van der Waals surface area contributed by atoms with Crippen LogP contribution in [0.2, 0.25) is 0 Å². The Bertz CT molecular complexity index is 714.